The Morgan fingerprint density at radius 1 is 1.33 bits per heavy atom. The average Bonchev–Trinajstić information content (AvgIpc) is 1.85. The molecule has 0 saturated carbocycles. The molecule has 12 heavy (non-hydrogen) atoms. The van der Waals surface area contributed by atoms with E-state index < -0.39 is 11.9 Å². The molecule has 0 aromatic carbocycles. The van der Waals surface area contributed by atoms with E-state index in [1.807, 2.05) is 19.9 Å². The third-order valence-corrected chi connectivity index (χ3v) is 1.41. The summed E-state index contributed by atoms with van der Waals surface area (Å²) >= 11 is 0. The van der Waals surface area contributed by atoms with Crippen LogP contribution in [0.15, 0.2) is 0 Å². The first-order valence-corrected chi connectivity index (χ1v) is 4.09. The van der Waals surface area contributed by atoms with E-state index in [0.29, 0.717) is 0 Å². The highest BCUT2D eigenvalue weighted by molar-refractivity contribution is 5.75. The van der Waals surface area contributed by atoms with Crippen molar-refractivity contribution in [2.24, 2.45) is 11.8 Å². The Morgan fingerprint density at radius 2 is 1.83 bits per heavy atom. The minimum atomic E-state index is -0.632. The van der Waals surface area contributed by atoms with E-state index in [1.165, 1.54) is 0 Å². The van der Waals surface area contributed by atoms with Gasteiger partial charge in [-0.3, -0.25) is 4.79 Å². The number of ether oxygens (including phenoxy) is 1. The molecule has 0 fully saturated rings. The summed E-state index contributed by atoms with van der Waals surface area (Å²) in [5, 5.41) is 8.63. The minimum Gasteiger partial charge on any atom is -0.462 e. The van der Waals surface area contributed by atoms with Gasteiger partial charge in [0.1, 0.15) is 5.92 Å². The van der Waals surface area contributed by atoms with Gasteiger partial charge in [-0.25, -0.2) is 0 Å². The number of esters is 1. The van der Waals surface area contributed by atoms with Gasteiger partial charge in [0.05, 0.1) is 12.2 Å². The maximum Gasteiger partial charge on any atom is 0.323 e. The van der Waals surface area contributed by atoms with Crippen molar-refractivity contribution < 1.29 is 9.53 Å². The van der Waals surface area contributed by atoms with Gasteiger partial charge in [0.2, 0.25) is 0 Å². The number of carbonyl (C=O) groups is 1. The highest BCUT2D eigenvalue weighted by Crippen LogP contribution is 2.12. The lowest BCUT2D eigenvalue weighted by molar-refractivity contribution is -0.151. The lowest BCUT2D eigenvalue weighted by Gasteiger charge is -2.14. The lowest BCUT2D eigenvalue weighted by atomic mass is 9.98. The number of nitriles is 1. The normalized spacial score (nSPS) is 12.8. The molecule has 0 rings (SSSR count). The molecule has 0 aliphatic heterocycles. The molecule has 68 valence electrons. The number of hydrogen-bond acceptors (Lipinski definition) is 3. The molecule has 0 aliphatic carbocycles. The molecule has 0 saturated heterocycles. The van der Waals surface area contributed by atoms with E-state index in [9.17, 15) is 4.79 Å². The Balaban J connectivity index is 4.16. The van der Waals surface area contributed by atoms with Crippen molar-refractivity contribution >= 4 is 5.97 Å². The quantitative estimate of drug-likeness (QED) is 0.604. The van der Waals surface area contributed by atoms with Crippen LogP contribution < -0.4 is 0 Å². The minimum absolute atomic E-state index is 0.0150. The van der Waals surface area contributed by atoms with Crippen LogP contribution in [0.25, 0.3) is 0 Å². The summed E-state index contributed by atoms with van der Waals surface area (Å²) in [4.78, 5) is 11.2. The zero-order valence-corrected chi connectivity index (χ0v) is 8.00. The molecule has 0 N–H and O–H groups in total. The van der Waals surface area contributed by atoms with Crippen molar-refractivity contribution in [3.8, 4) is 6.07 Å². The first-order chi connectivity index (χ1) is 5.49. The second kappa shape index (κ2) is 4.76. The van der Waals surface area contributed by atoms with Crippen LogP contribution in [0.5, 0.6) is 0 Å². The summed E-state index contributed by atoms with van der Waals surface area (Å²) in [7, 11) is 0. The summed E-state index contributed by atoms with van der Waals surface area (Å²) in [6, 6.07) is 1.93. The number of hydrogen-bond donors (Lipinski definition) is 0. The highest BCUT2D eigenvalue weighted by atomic mass is 16.5. The van der Waals surface area contributed by atoms with Gasteiger partial charge in [-0.05, 0) is 19.8 Å². The molecule has 0 spiro atoms. The molecule has 3 nitrogen and oxygen atoms in total. The molecular weight excluding hydrogens is 154 g/mol. The fraction of sp³-hybridized carbons (Fsp3) is 0.778. The third kappa shape index (κ3) is 3.38. The molecule has 0 amide bonds. The molecular formula is C9H15NO2. The molecule has 0 heterocycles. The van der Waals surface area contributed by atoms with Crippen LogP contribution in [-0.2, 0) is 9.53 Å². The molecule has 0 radical (unpaired) electrons. The summed E-state index contributed by atoms with van der Waals surface area (Å²) in [5.41, 5.74) is 0. The van der Waals surface area contributed by atoms with Gasteiger partial charge in [0.25, 0.3) is 0 Å². The van der Waals surface area contributed by atoms with Gasteiger partial charge >= 0.3 is 5.97 Å². The molecule has 1 unspecified atom stereocenters. The average molecular weight is 169 g/mol. The summed E-state index contributed by atoms with van der Waals surface area (Å²) in [5.74, 6) is -1.03. The maximum atomic E-state index is 11.2. The smallest absolute Gasteiger partial charge is 0.323 e. The second-order valence-corrected chi connectivity index (χ2v) is 3.34. The fourth-order valence-corrected chi connectivity index (χ4v) is 0.780. The van der Waals surface area contributed by atoms with Crippen molar-refractivity contribution in [1.29, 1.82) is 5.26 Å². The first kappa shape index (κ1) is 11.0. The SMILES string of the molecule is CC(C)OC(=O)C(C#N)C(C)C. The Bertz CT molecular complexity index is 191. The highest BCUT2D eigenvalue weighted by Gasteiger charge is 2.23. The van der Waals surface area contributed by atoms with Crippen LogP contribution in [0.4, 0.5) is 0 Å². The van der Waals surface area contributed by atoms with Gasteiger partial charge in [-0.1, -0.05) is 13.8 Å². The summed E-state index contributed by atoms with van der Waals surface area (Å²) in [6.07, 6.45) is -0.146. The van der Waals surface area contributed by atoms with Crippen molar-refractivity contribution in [2.45, 2.75) is 33.8 Å². The molecule has 0 bridgehead atoms. The Kier molecular flexibility index (Phi) is 4.35. The van der Waals surface area contributed by atoms with Crippen molar-refractivity contribution in [2.75, 3.05) is 0 Å². The van der Waals surface area contributed by atoms with Gasteiger partial charge in [0.15, 0.2) is 0 Å². The van der Waals surface area contributed by atoms with Gasteiger partial charge in [-0.2, -0.15) is 5.26 Å². The van der Waals surface area contributed by atoms with Crippen LogP contribution >= 0.6 is 0 Å². The zero-order chi connectivity index (χ0) is 9.72. The van der Waals surface area contributed by atoms with E-state index in [2.05, 4.69) is 0 Å². The lowest BCUT2D eigenvalue weighted by Crippen LogP contribution is -2.23. The Hall–Kier alpha value is -1.04. The van der Waals surface area contributed by atoms with Crippen molar-refractivity contribution in [3.05, 3.63) is 0 Å². The zero-order valence-electron chi connectivity index (χ0n) is 8.00. The molecule has 0 aliphatic rings. The van der Waals surface area contributed by atoms with Gasteiger partial charge in [0, 0.05) is 0 Å². The topological polar surface area (TPSA) is 50.1 Å². The Labute approximate surface area is 73.3 Å². The largest absolute Gasteiger partial charge is 0.462 e. The standard InChI is InChI=1S/C9H15NO2/c1-6(2)8(5-10)9(11)12-7(3)4/h6-8H,1-4H3. The van der Waals surface area contributed by atoms with Gasteiger partial charge < -0.3 is 4.74 Å². The third-order valence-electron chi connectivity index (χ3n) is 1.41. The molecule has 1 atom stereocenters. The Morgan fingerprint density at radius 3 is 2.08 bits per heavy atom. The summed E-state index contributed by atoms with van der Waals surface area (Å²) < 4.78 is 4.90. The number of rotatable bonds is 3. The second-order valence-electron chi connectivity index (χ2n) is 3.34. The predicted octanol–water partition coefficient (Wildman–Crippen LogP) is 1.73. The molecule has 0 aromatic rings. The van der Waals surface area contributed by atoms with Crippen LogP contribution in [-0.4, -0.2) is 12.1 Å². The van der Waals surface area contributed by atoms with E-state index in [1.54, 1.807) is 13.8 Å². The predicted molar refractivity (Wildman–Crippen MR) is 45.2 cm³/mol. The fourth-order valence-electron chi connectivity index (χ4n) is 0.780. The maximum absolute atomic E-state index is 11.2. The van der Waals surface area contributed by atoms with Crippen molar-refractivity contribution in [1.82, 2.24) is 0 Å². The number of nitrogens with zero attached hydrogens (tertiary/aromatic N) is 1. The molecule has 3 heteroatoms. The van der Waals surface area contributed by atoms with E-state index in [4.69, 9.17) is 10.00 Å². The van der Waals surface area contributed by atoms with Crippen molar-refractivity contribution in [3.63, 3.8) is 0 Å². The first-order valence-electron chi connectivity index (χ1n) is 4.09. The van der Waals surface area contributed by atoms with E-state index in [0.717, 1.165) is 0 Å². The van der Waals surface area contributed by atoms with Crippen LogP contribution in [0.1, 0.15) is 27.7 Å². The monoisotopic (exact) mass is 169 g/mol. The summed E-state index contributed by atoms with van der Waals surface area (Å²) in [6.45, 7) is 7.20. The van der Waals surface area contributed by atoms with Crippen LogP contribution in [0.2, 0.25) is 0 Å². The van der Waals surface area contributed by atoms with E-state index in [-0.39, 0.29) is 12.0 Å². The van der Waals surface area contributed by atoms with Crippen LogP contribution in [0.3, 0.4) is 0 Å². The van der Waals surface area contributed by atoms with E-state index >= 15 is 0 Å². The van der Waals surface area contributed by atoms with Crippen LogP contribution in [0, 0.1) is 23.2 Å². The number of carbonyl (C=O) groups excluding carboxylic acids is 1. The molecule has 0 aromatic heterocycles. The van der Waals surface area contributed by atoms with Gasteiger partial charge in [-0.15, -0.1) is 0 Å².